The number of hydrogen-bond donors (Lipinski definition) is 0. The van der Waals surface area contributed by atoms with Crippen LogP contribution in [-0.2, 0) is 4.79 Å². The van der Waals surface area contributed by atoms with Gasteiger partial charge in [0.2, 0.25) is 0 Å². The van der Waals surface area contributed by atoms with Crippen molar-refractivity contribution in [3.8, 4) is 0 Å². The minimum atomic E-state index is 0.552. The highest BCUT2D eigenvalue weighted by Gasteiger charge is 2.17. The predicted octanol–water partition coefficient (Wildman–Crippen LogP) is 2.34. The molecule has 0 unspecified atom stereocenters. The Balaban J connectivity index is 2.83. The molecule has 2 nitrogen and oxygen atoms in total. The van der Waals surface area contributed by atoms with Gasteiger partial charge in [-0.25, -0.2) is 0 Å². The van der Waals surface area contributed by atoms with Gasteiger partial charge in [0.25, 0.3) is 0 Å². The maximum absolute atomic E-state index is 10.3. The zero-order valence-electron chi connectivity index (χ0n) is 9.57. The second kappa shape index (κ2) is 5.66. The molecule has 0 spiro atoms. The number of hydrogen-bond acceptors (Lipinski definition) is 2. The first kappa shape index (κ1) is 11.9. The average Bonchev–Trinajstić information content (AvgIpc) is 2.25. The van der Waals surface area contributed by atoms with Crippen LogP contribution in [-0.4, -0.2) is 30.3 Å². The second-order valence-electron chi connectivity index (χ2n) is 4.06. The minimum Gasteiger partial charge on any atom is -0.299 e. The van der Waals surface area contributed by atoms with Crippen molar-refractivity contribution in [3.05, 3.63) is 36.0 Å². The molecule has 0 amide bonds. The quantitative estimate of drug-likeness (QED) is 0.518. The lowest BCUT2D eigenvalue weighted by molar-refractivity contribution is -0.104. The Bertz CT molecular complexity index is 300. The van der Waals surface area contributed by atoms with E-state index < -0.39 is 0 Å². The molecule has 0 radical (unpaired) electrons. The number of aldehydes is 1. The fourth-order valence-corrected chi connectivity index (χ4v) is 1.81. The Morgan fingerprint density at radius 2 is 2.13 bits per heavy atom. The van der Waals surface area contributed by atoms with Crippen LogP contribution in [0.3, 0.4) is 0 Å². The van der Waals surface area contributed by atoms with E-state index in [4.69, 9.17) is 0 Å². The maximum atomic E-state index is 10.3. The van der Waals surface area contributed by atoms with Gasteiger partial charge < -0.3 is 0 Å². The first-order chi connectivity index (χ1) is 7.19. The molecule has 0 aromatic heterocycles. The molecule has 0 bridgehead atoms. The molecule has 0 N–H and O–H groups in total. The molecule has 82 valence electrons. The lowest BCUT2D eigenvalue weighted by Crippen LogP contribution is -2.36. The van der Waals surface area contributed by atoms with Gasteiger partial charge in [-0.05, 0) is 37.5 Å². The zero-order valence-corrected chi connectivity index (χ0v) is 9.57. The fraction of sp³-hybridized carbons (Fsp3) is 0.462. The molecule has 0 aliphatic carbocycles. The van der Waals surface area contributed by atoms with E-state index in [0.717, 1.165) is 25.8 Å². The molecule has 0 aromatic rings. The van der Waals surface area contributed by atoms with Crippen molar-refractivity contribution in [1.29, 1.82) is 0 Å². The summed E-state index contributed by atoms with van der Waals surface area (Å²) in [5.41, 5.74) is 2.49. The van der Waals surface area contributed by atoms with Gasteiger partial charge in [0.1, 0.15) is 6.29 Å². The van der Waals surface area contributed by atoms with Gasteiger partial charge in [0.15, 0.2) is 0 Å². The number of allylic oxidation sites excluding steroid dienone is 2. The molecule has 2 heteroatoms. The second-order valence-corrected chi connectivity index (χ2v) is 4.06. The third-order valence-corrected chi connectivity index (χ3v) is 2.81. The molecule has 0 saturated heterocycles. The van der Waals surface area contributed by atoms with Crippen molar-refractivity contribution >= 4 is 6.29 Å². The van der Waals surface area contributed by atoms with Crippen molar-refractivity contribution in [2.45, 2.75) is 26.3 Å². The largest absolute Gasteiger partial charge is 0.299 e. The van der Waals surface area contributed by atoms with Crippen LogP contribution in [0.1, 0.15) is 20.3 Å². The highest BCUT2D eigenvalue weighted by Crippen LogP contribution is 2.21. The SMILES string of the molecule is C=CC1=C(/C=C\C=O)CN(C(C)C)CC1. The normalized spacial score (nSPS) is 18.9. The van der Waals surface area contributed by atoms with Crippen molar-refractivity contribution in [2.75, 3.05) is 13.1 Å². The van der Waals surface area contributed by atoms with Crippen LogP contribution >= 0.6 is 0 Å². The van der Waals surface area contributed by atoms with Crippen molar-refractivity contribution in [1.82, 2.24) is 4.90 Å². The lowest BCUT2D eigenvalue weighted by Gasteiger charge is -2.32. The van der Waals surface area contributed by atoms with Gasteiger partial charge in [0.05, 0.1) is 0 Å². The summed E-state index contributed by atoms with van der Waals surface area (Å²) in [6, 6.07) is 0.552. The zero-order chi connectivity index (χ0) is 11.3. The van der Waals surface area contributed by atoms with Gasteiger partial charge in [-0.1, -0.05) is 18.7 Å². The number of carbonyl (C=O) groups is 1. The Morgan fingerprint density at radius 1 is 1.40 bits per heavy atom. The molecule has 0 saturated carbocycles. The Morgan fingerprint density at radius 3 is 2.67 bits per heavy atom. The fourth-order valence-electron chi connectivity index (χ4n) is 1.81. The van der Waals surface area contributed by atoms with Crippen LogP contribution in [0.15, 0.2) is 36.0 Å². The van der Waals surface area contributed by atoms with Gasteiger partial charge in [-0.3, -0.25) is 9.69 Å². The van der Waals surface area contributed by atoms with E-state index in [1.54, 1.807) is 6.08 Å². The topological polar surface area (TPSA) is 20.3 Å². The summed E-state index contributed by atoms with van der Waals surface area (Å²) in [4.78, 5) is 12.7. The maximum Gasteiger partial charge on any atom is 0.142 e. The minimum absolute atomic E-state index is 0.552. The van der Waals surface area contributed by atoms with E-state index in [2.05, 4.69) is 25.3 Å². The van der Waals surface area contributed by atoms with Crippen LogP contribution in [0.2, 0.25) is 0 Å². The summed E-state index contributed by atoms with van der Waals surface area (Å²) in [6.07, 6.45) is 7.21. The molecule has 0 atom stereocenters. The molecule has 1 aliphatic rings. The van der Waals surface area contributed by atoms with Crippen molar-refractivity contribution < 1.29 is 4.79 Å². The summed E-state index contributed by atoms with van der Waals surface area (Å²) >= 11 is 0. The molecule has 0 fully saturated rings. The number of carbonyl (C=O) groups excluding carboxylic acids is 1. The van der Waals surface area contributed by atoms with E-state index in [-0.39, 0.29) is 0 Å². The molecular weight excluding hydrogens is 186 g/mol. The monoisotopic (exact) mass is 205 g/mol. The Labute approximate surface area is 92.0 Å². The molecule has 1 heterocycles. The first-order valence-corrected chi connectivity index (χ1v) is 5.39. The van der Waals surface area contributed by atoms with E-state index in [9.17, 15) is 4.79 Å². The standard InChI is InChI=1S/C13H19NO/c1-4-12-7-8-14(11(2)3)10-13(12)6-5-9-15/h4-6,9,11H,1,7-8,10H2,2-3H3/b6-5-. The number of rotatable bonds is 4. The van der Waals surface area contributed by atoms with Crippen molar-refractivity contribution in [3.63, 3.8) is 0 Å². The van der Waals surface area contributed by atoms with Crippen LogP contribution in [0.4, 0.5) is 0 Å². The lowest BCUT2D eigenvalue weighted by atomic mass is 9.98. The molecule has 1 aliphatic heterocycles. The summed E-state index contributed by atoms with van der Waals surface area (Å²) in [7, 11) is 0. The van der Waals surface area contributed by atoms with E-state index >= 15 is 0 Å². The molecule has 1 rings (SSSR count). The van der Waals surface area contributed by atoms with Crippen molar-refractivity contribution in [2.24, 2.45) is 0 Å². The third kappa shape index (κ3) is 3.17. The van der Waals surface area contributed by atoms with Crippen LogP contribution in [0.25, 0.3) is 0 Å². The Kier molecular flexibility index (Phi) is 4.50. The molecule has 0 aromatic carbocycles. The van der Waals surface area contributed by atoms with E-state index in [1.165, 1.54) is 11.1 Å². The summed E-state index contributed by atoms with van der Waals surface area (Å²) in [6.45, 7) is 10.2. The molecule has 15 heavy (non-hydrogen) atoms. The predicted molar refractivity (Wildman–Crippen MR) is 63.8 cm³/mol. The third-order valence-electron chi connectivity index (χ3n) is 2.81. The summed E-state index contributed by atoms with van der Waals surface area (Å²) in [5, 5.41) is 0. The first-order valence-electron chi connectivity index (χ1n) is 5.39. The summed E-state index contributed by atoms with van der Waals surface area (Å²) in [5.74, 6) is 0. The molecular formula is C13H19NO. The smallest absolute Gasteiger partial charge is 0.142 e. The van der Waals surface area contributed by atoms with Gasteiger partial charge in [-0.2, -0.15) is 0 Å². The number of nitrogens with zero attached hydrogens (tertiary/aromatic N) is 1. The van der Waals surface area contributed by atoms with Crippen LogP contribution < -0.4 is 0 Å². The average molecular weight is 205 g/mol. The highest BCUT2D eigenvalue weighted by atomic mass is 16.1. The van der Waals surface area contributed by atoms with Crippen LogP contribution in [0, 0.1) is 0 Å². The highest BCUT2D eigenvalue weighted by molar-refractivity contribution is 5.66. The van der Waals surface area contributed by atoms with Gasteiger partial charge in [0, 0.05) is 19.1 Å². The van der Waals surface area contributed by atoms with E-state index in [0.29, 0.717) is 6.04 Å². The van der Waals surface area contributed by atoms with Gasteiger partial charge in [-0.15, -0.1) is 0 Å². The van der Waals surface area contributed by atoms with E-state index in [1.807, 2.05) is 12.2 Å². The van der Waals surface area contributed by atoms with Crippen LogP contribution in [0.5, 0.6) is 0 Å². The summed E-state index contributed by atoms with van der Waals surface area (Å²) < 4.78 is 0. The van der Waals surface area contributed by atoms with Gasteiger partial charge >= 0.3 is 0 Å². The Hall–Kier alpha value is -1.15.